The molecule has 7 rings (SSSR count). The Labute approximate surface area is 431 Å². The molecule has 7 fully saturated rings. The van der Waals surface area contributed by atoms with Gasteiger partial charge in [0.15, 0.2) is 12.1 Å². The van der Waals surface area contributed by atoms with Crippen LogP contribution >= 0.6 is 0 Å². The van der Waals surface area contributed by atoms with E-state index in [1.807, 2.05) is 34.6 Å². The third kappa shape index (κ3) is 11.5. The van der Waals surface area contributed by atoms with Gasteiger partial charge >= 0.3 is 23.9 Å². The topological polar surface area (TPSA) is 227 Å². The van der Waals surface area contributed by atoms with E-state index >= 15 is 0 Å². The van der Waals surface area contributed by atoms with E-state index in [0.717, 1.165) is 0 Å². The molecule has 20 heteroatoms. The minimum Gasteiger partial charge on any atom is -0.481 e. The number of carboxylic acids is 1. The van der Waals surface area contributed by atoms with Crippen molar-refractivity contribution in [3.8, 4) is 0 Å². The van der Waals surface area contributed by atoms with Gasteiger partial charge in [0.25, 0.3) is 0 Å². The summed E-state index contributed by atoms with van der Waals surface area (Å²) in [4.78, 5) is 49.9. The van der Waals surface area contributed by atoms with E-state index in [-0.39, 0.29) is 61.4 Å². The molecule has 0 aromatic carbocycles. The van der Waals surface area contributed by atoms with Crippen LogP contribution in [0.15, 0.2) is 0 Å². The van der Waals surface area contributed by atoms with Crippen LogP contribution in [-0.2, 0) is 90.2 Å². The number of aliphatic carboxylic acids is 1. The van der Waals surface area contributed by atoms with Gasteiger partial charge in [-0.25, -0.2) is 0 Å². The summed E-state index contributed by atoms with van der Waals surface area (Å²) in [6, 6.07) is 0. The molecule has 7 saturated heterocycles. The van der Waals surface area contributed by atoms with Gasteiger partial charge in [-0.2, -0.15) is 0 Å². The molecular weight excluding hydrogens is 957 g/mol. The first-order valence-electron chi connectivity index (χ1n) is 26.4. The Balaban J connectivity index is 1.14. The highest BCUT2D eigenvalue weighted by atomic mass is 16.8. The molecule has 1 N–H and O–H groups in total. The highest BCUT2D eigenvalue weighted by Crippen LogP contribution is 2.55. The number of carboxylic acid groups (broad SMARTS) is 1. The number of carbonyl (C=O) groups excluding carboxylic acids is 3. The fourth-order valence-electron chi connectivity index (χ4n) is 13.8. The number of hydrogen-bond donors (Lipinski definition) is 1. The molecule has 0 saturated carbocycles. The second-order valence-corrected chi connectivity index (χ2v) is 23.0. The van der Waals surface area contributed by atoms with Crippen molar-refractivity contribution in [2.75, 3.05) is 35.0 Å². The minimum absolute atomic E-state index is 0.0375. The summed E-state index contributed by atoms with van der Waals surface area (Å²) >= 11 is 0. The first-order valence-corrected chi connectivity index (χ1v) is 26.4. The zero-order valence-corrected chi connectivity index (χ0v) is 46.0. The van der Waals surface area contributed by atoms with Crippen LogP contribution in [-0.4, -0.2) is 178 Å². The molecule has 73 heavy (non-hydrogen) atoms. The maximum Gasteiger partial charge on any atom is 0.310 e. The van der Waals surface area contributed by atoms with Crippen LogP contribution in [0.1, 0.15) is 134 Å². The zero-order valence-electron chi connectivity index (χ0n) is 46.0. The third-order valence-electron chi connectivity index (χ3n) is 18.0. The molecule has 0 bridgehead atoms. The Morgan fingerprint density at radius 3 is 1.96 bits per heavy atom. The Morgan fingerprint density at radius 1 is 0.685 bits per heavy atom. The molecule has 24 unspecified atom stereocenters. The smallest absolute Gasteiger partial charge is 0.310 e. The number of esters is 3. The molecule has 0 aliphatic carbocycles. The van der Waals surface area contributed by atoms with Crippen LogP contribution in [0.5, 0.6) is 0 Å². The second-order valence-electron chi connectivity index (χ2n) is 23.0. The van der Waals surface area contributed by atoms with Gasteiger partial charge in [0, 0.05) is 92.6 Å². The molecule has 0 aromatic rings. The molecule has 7 aliphatic rings. The van der Waals surface area contributed by atoms with Crippen molar-refractivity contribution < 1.29 is 95.3 Å². The molecular formula is C53H86O20. The molecule has 20 nitrogen and oxygen atoms in total. The molecule has 0 radical (unpaired) electrons. The maximum absolute atomic E-state index is 12.8. The van der Waals surface area contributed by atoms with E-state index in [0.29, 0.717) is 38.5 Å². The molecule has 7 aliphatic heterocycles. The summed E-state index contributed by atoms with van der Waals surface area (Å²) in [5.41, 5.74) is -2.53. The van der Waals surface area contributed by atoms with E-state index in [1.54, 1.807) is 21.1 Å². The van der Waals surface area contributed by atoms with Gasteiger partial charge in [-0.3, -0.25) is 19.2 Å². The zero-order chi connectivity index (χ0) is 53.7. The third-order valence-corrected chi connectivity index (χ3v) is 18.0. The molecule has 0 amide bonds. The van der Waals surface area contributed by atoms with E-state index in [4.69, 9.17) is 71.1 Å². The summed E-state index contributed by atoms with van der Waals surface area (Å²) < 4.78 is 96.8. The van der Waals surface area contributed by atoms with Gasteiger partial charge in [0.1, 0.15) is 36.4 Å². The summed E-state index contributed by atoms with van der Waals surface area (Å²) in [7, 11) is 6.33. The van der Waals surface area contributed by atoms with Crippen LogP contribution in [0.25, 0.3) is 0 Å². The molecule has 418 valence electrons. The molecule has 1 spiro atoms. The normalized spacial score (nSPS) is 48.5. The molecule has 7 heterocycles. The lowest BCUT2D eigenvalue weighted by molar-refractivity contribution is -0.365. The van der Waals surface area contributed by atoms with Crippen molar-refractivity contribution in [1.29, 1.82) is 0 Å². The first kappa shape index (κ1) is 58.1. The van der Waals surface area contributed by atoms with Crippen LogP contribution in [0.3, 0.4) is 0 Å². The van der Waals surface area contributed by atoms with Crippen molar-refractivity contribution in [1.82, 2.24) is 0 Å². The van der Waals surface area contributed by atoms with Gasteiger partial charge in [-0.15, -0.1) is 0 Å². The van der Waals surface area contributed by atoms with Gasteiger partial charge in [0.05, 0.1) is 78.7 Å². The largest absolute Gasteiger partial charge is 0.481 e. The van der Waals surface area contributed by atoms with Crippen LogP contribution in [0.2, 0.25) is 0 Å². The summed E-state index contributed by atoms with van der Waals surface area (Å²) in [6.45, 7) is 21.9. The Morgan fingerprint density at radius 2 is 1.36 bits per heavy atom. The van der Waals surface area contributed by atoms with E-state index < -0.39 is 126 Å². The number of ether oxygens (including phenoxy) is 15. The Hall–Kier alpha value is -2.60. The predicted octanol–water partition coefficient (Wildman–Crippen LogP) is 5.68. The monoisotopic (exact) mass is 1040 g/mol. The highest BCUT2D eigenvalue weighted by molar-refractivity contribution is 5.70. The highest BCUT2D eigenvalue weighted by Gasteiger charge is 2.65. The average molecular weight is 1040 g/mol. The number of carbonyl (C=O) groups is 4. The summed E-state index contributed by atoms with van der Waals surface area (Å²) in [5.74, 6) is -7.70. The number of methoxy groups -OCH3 is 4. The maximum atomic E-state index is 12.8. The SMILES string of the molecule is COC1CC(OC2CC(C3OCC(C)(OC(C)=O)C(C)C3C)OC2C2(C)CCC(C3(C)CCC4(CC(OC(C)=O)C(C)C(C(C)C5OC(CC(=O)O)(OC(C)=O)C(C)C(OC)C5OC)O4)O3)O2)OC(C)C1OC. The fraction of sp³-hybridized carbons (Fsp3) is 0.925. The average Bonchev–Trinajstić information content (AvgIpc) is 4.02. The van der Waals surface area contributed by atoms with E-state index in [2.05, 4.69) is 20.8 Å². The van der Waals surface area contributed by atoms with Crippen molar-refractivity contribution in [3.63, 3.8) is 0 Å². The fourth-order valence-corrected chi connectivity index (χ4v) is 13.8. The van der Waals surface area contributed by atoms with Crippen molar-refractivity contribution in [2.45, 2.75) is 248 Å². The van der Waals surface area contributed by atoms with E-state index in [1.165, 1.54) is 35.0 Å². The summed E-state index contributed by atoms with van der Waals surface area (Å²) in [6.07, 6.45) is -4.59. The first-order chi connectivity index (χ1) is 34.2. The lowest BCUT2D eigenvalue weighted by atomic mass is 9.75. The van der Waals surface area contributed by atoms with Gasteiger partial charge < -0.3 is 76.2 Å². The van der Waals surface area contributed by atoms with Crippen molar-refractivity contribution in [2.24, 2.45) is 29.6 Å². The lowest BCUT2D eigenvalue weighted by Crippen LogP contribution is -2.66. The Bertz CT molecular complexity index is 1940. The predicted molar refractivity (Wildman–Crippen MR) is 257 cm³/mol. The van der Waals surface area contributed by atoms with Crippen molar-refractivity contribution >= 4 is 23.9 Å². The van der Waals surface area contributed by atoms with Crippen LogP contribution in [0, 0.1) is 29.6 Å². The Kier molecular flexibility index (Phi) is 17.8. The van der Waals surface area contributed by atoms with Gasteiger partial charge in [0.2, 0.25) is 5.79 Å². The quantitative estimate of drug-likeness (QED) is 0.145. The number of rotatable bonds is 16. The minimum atomic E-state index is -1.90. The van der Waals surface area contributed by atoms with Gasteiger partial charge in [-0.05, 0) is 52.9 Å². The second kappa shape index (κ2) is 22.4. The van der Waals surface area contributed by atoms with E-state index in [9.17, 15) is 24.3 Å². The van der Waals surface area contributed by atoms with Crippen molar-refractivity contribution in [3.05, 3.63) is 0 Å². The molecule has 0 aromatic heterocycles. The van der Waals surface area contributed by atoms with Crippen LogP contribution in [0.4, 0.5) is 0 Å². The standard InChI is InChI=1S/C53H86O20/c1-26-29(4)51(12,68-33(8)55)25-63-43(26)36-21-37(66-41-22-35(59-13)46(61-15)31(6)64-41)48(67-36)50(11)18-17-39(70-50)49(10)19-20-52(73-49)23-38(65-32(7)54)27(2)42(71-52)28(3)44-47(62-16)45(60-14)30(5)53(72-44,24-40(57)58)69-34(9)56/h26-31,35-39,41-48H,17-25H2,1-16H3,(H,57,58). The van der Waals surface area contributed by atoms with Crippen LogP contribution < -0.4 is 0 Å². The van der Waals surface area contributed by atoms with Gasteiger partial charge in [-0.1, -0.05) is 34.6 Å². The lowest BCUT2D eigenvalue weighted by Gasteiger charge is -2.54. The molecule has 24 atom stereocenters. The summed E-state index contributed by atoms with van der Waals surface area (Å²) in [5, 5.41) is 10.1. The number of hydrogen-bond acceptors (Lipinski definition) is 19.